The highest BCUT2D eigenvalue weighted by Crippen LogP contribution is 2.54. The maximum Gasteiger partial charge on any atom is 0.435 e. The summed E-state index contributed by atoms with van der Waals surface area (Å²) in [4.78, 5) is 14.5. The zero-order valence-electron chi connectivity index (χ0n) is 22.7. The van der Waals surface area contributed by atoms with Crippen molar-refractivity contribution in [2.75, 3.05) is 13.1 Å². The molecule has 17 heteroatoms. The van der Waals surface area contributed by atoms with E-state index in [0.29, 0.717) is 43.6 Å². The molecular weight excluding hydrogens is 626 g/mol. The van der Waals surface area contributed by atoms with Gasteiger partial charge < -0.3 is 4.90 Å². The Bertz CT molecular complexity index is 1570. The van der Waals surface area contributed by atoms with Crippen molar-refractivity contribution in [3.63, 3.8) is 0 Å². The molecule has 0 spiro atoms. The van der Waals surface area contributed by atoms with Crippen LogP contribution in [0.5, 0.6) is 0 Å². The Morgan fingerprint density at radius 3 is 2.00 bits per heavy atom. The Balaban J connectivity index is 1.48. The van der Waals surface area contributed by atoms with Crippen LogP contribution in [0.15, 0.2) is 53.4 Å². The molecule has 44 heavy (non-hydrogen) atoms. The van der Waals surface area contributed by atoms with Gasteiger partial charge in [-0.15, -0.1) is 10.2 Å². The summed E-state index contributed by atoms with van der Waals surface area (Å²) in [6.07, 6.45) is -11.0. The molecule has 1 N–H and O–H groups in total. The van der Waals surface area contributed by atoms with Crippen LogP contribution in [-0.2, 0) is 25.0 Å². The minimum atomic E-state index is -6.36. The van der Waals surface area contributed by atoms with Gasteiger partial charge in [0, 0.05) is 30.5 Å². The lowest BCUT2D eigenvalue weighted by Gasteiger charge is -2.33. The number of likely N-dealkylation sites (tertiary alicyclic amines) is 1. The molecule has 8 nitrogen and oxygen atoms in total. The average Bonchev–Trinajstić information content (AvgIpc) is 3.68. The van der Waals surface area contributed by atoms with Gasteiger partial charge in [0.1, 0.15) is 10.6 Å². The number of nitrogens with one attached hydrogen (secondary N) is 1. The number of aromatic nitrogens is 4. The number of H-pyrrole nitrogens is 1. The molecule has 2 aromatic carbocycles. The van der Waals surface area contributed by atoms with Gasteiger partial charge in [0.25, 0.3) is 0 Å². The van der Waals surface area contributed by atoms with Crippen molar-refractivity contribution in [2.24, 2.45) is 5.92 Å². The average molecular weight is 652 g/mol. The first-order chi connectivity index (χ1) is 20.5. The second kappa shape index (κ2) is 11.1. The highest BCUT2D eigenvalue weighted by molar-refractivity contribution is 7.92. The van der Waals surface area contributed by atoms with E-state index in [0.717, 1.165) is 24.3 Å². The van der Waals surface area contributed by atoms with E-state index in [4.69, 9.17) is 0 Å². The van der Waals surface area contributed by atoms with E-state index in [2.05, 4.69) is 20.6 Å². The third-order valence-corrected chi connectivity index (χ3v) is 11.1. The van der Waals surface area contributed by atoms with E-state index in [1.807, 2.05) is 0 Å². The largest absolute Gasteiger partial charge is 0.435 e. The predicted octanol–water partition coefficient (Wildman–Crippen LogP) is 5.50. The Morgan fingerprint density at radius 1 is 0.886 bits per heavy atom. The van der Waals surface area contributed by atoms with E-state index in [1.165, 1.54) is 4.90 Å². The quantitative estimate of drug-likeness (QED) is 0.279. The summed E-state index contributed by atoms with van der Waals surface area (Å²) in [5.74, 6) is -1.10. The number of hydrogen-bond acceptors (Lipinski definition) is 6. The monoisotopic (exact) mass is 651 g/mol. The van der Waals surface area contributed by atoms with Gasteiger partial charge in [-0.05, 0) is 61.9 Å². The summed E-state index contributed by atoms with van der Waals surface area (Å²) in [6.45, 7) is -0.571. The first kappa shape index (κ1) is 31.8. The number of halogens is 8. The van der Waals surface area contributed by atoms with Crippen LogP contribution >= 0.6 is 0 Å². The molecule has 1 aliphatic carbocycles. The number of nitrogens with zero attached hydrogens (tertiary/aromatic N) is 4. The van der Waals surface area contributed by atoms with Gasteiger partial charge in [-0.25, -0.2) is 17.2 Å². The Hall–Kier alpha value is -3.63. The molecule has 5 rings (SSSR count). The van der Waals surface area contributed by atoms with E-state index in [1.54, 1.807) is 0 Å². The lowest BCUT2D eigenvalue weighted by atomic mass is 9.81. The smallest absolute Gasteiger partial charge is 0.340 e. The topological polar surface area (TPSA) is 109 Å². The summed E-state index contributed by atoms with van der Waals surface area (Å²) in [6, 6.07) is 5.62. The number of sulfone groups is 1. The molecule has 2 aliphatic rings. The van der Waals surface area contributed by atoms with Crippen molar-refractivity contribution >= 4 is 15.7 Å². The molecule has 3 aromatic rings. The summed E-state index contributed by atoms with van der Waals surface area (Å²) in [5, 5.41) is 13.8. The molecule has 1 amide bonds. The minimum absolute atomic E-state index is 0.0242. The molecule has 0 radical (unpaired) electrons. The normalized spacial score (nSPS) is 23.6. The first-order valence-corrected chi connectivity index (χ1v) is 15.0. The fraction of sp³-hybridized carbons (Fsp3) is 0.481. The van der Waals surface area contributed by atoms with Crippen LogP contribution in [0.25, 0.3) is 0 Å². The minimum Gasteiger partial charge on any atom is -0.340 e. The number of carbonyl (C=O) groups excluding carboxylic acids is 1. The Labute approximate surface area is 245 Å². The van der Waals surface area contributed by atoms with Crippen molar-refractivity contribution in [1.82, 2.24) is 25.5 Å². The van der Waals surface area contributed by atoms with E-state index >= 15 is 0 Å². The summed E-state index contributed by atoms with van der Waals surface area (Å²) in [5.41, 5.74) is -7.73. The number of tetrazole rings is 1. The number of amides is 1. The number of aromatic amines is 1. The van der Waals surface area contributed by atoms with Crippen molar-refractivity contribution in [2.45, 2.75) is 65.7 Å². The predicted molar refractivity (Wildman–Crippen MR) is 137 cm³/mol. The first-order valence-electron chi connectivity index (χ1n) is 13.5. The third kappa shape index (κ3) is 5.21. The molecule has 238 valence electrons. The Morgan fingerprint density at radius 2 is 1.48 bits per heavy atom. The molecule has 1 aliphatic heterocycles. The fourth-order valence-corrected chi connectivity index (χ4v) is 8.19. The van der Waals surface area contributed by atoms with Gasteiger partial charge >= 0.3 is 18.0 Å². The van der Waals surface area contributed by atoms with Gasteiger partial charge in [0.15, 0.2) is 15.7 Å². The van der Waals surface area contributed by atoms with Crippen molar-refractivity contribution in [1.29, 1.82) is 0 Å². The molecular formula is C27H25F8N5O3S. The summed E-state index contributed by atoms with van der Waals surface area (Å²) in [7, 11) is -4.54. The van der Waals surface area contributed by atoms with Crippen molar-refractivity contribution in [3.05, 3.63) is 71.3 Å². The SMILES string of the molecule is O=C(C1CCC(c2nn[nH]n2)CC1)N1CCC(c2ccc(C(F)(C(F)(F)F)C(F)(F)F)cc2)(S(=O)(=O)c2ccc(F)cc2)C1. The number of benzene rings is 2. The third-order valence-electron chi connectivity index (χ3n) is 8.58. The van der Waals surface area contributed by atoms with Gasteiger partial charge in [-0.3, -0.25) is 4.79 Å². The molecule has 1 unspecified atom stereocenters. The fourth-order valence-electron chi connectivity index (χ4n) is 6.11. The van der Waals surface area contributed by atoms with Crippen LogP contribution in [-0.4, -0.2) is 65.3 Å². The van der Waals surface area contributed by atoms with Crippen LogP contribution in [0, 0.1) is 11.7 Å². The molecule has 1 aromatic heterocycles. The van der Waals surface area contributed by atoms with Crippen LogP contribution in [0.1, 0.15) is 55.0 Å². The van der Waals surface area contributed by atoms with Crippen LogP contribution in [0.2, 0.25) is 0 Å². The second-order valence-corrected chi connectivity index (χ2v) is 13.3. The maximum absolute atomic E-state index is 14.7. The maximum atomic E-state index is 14.7. The number of carbonyl (C=O) groups is 1. The highest BCUT2D eigenvalue weighted by atomic mass is 32.2. The molecule has 0 bridgehead atoms. The van der Waals surface area contributed by atoms with Crippen LogP contribution in [0.3, 0.4) is 0 Å². The van der Waals surface area contributed by atoms with Gasteiger partial charge in [0.05, 0.1) is 4.90 Å². The molecule has 1 saturated heterocycles. The standard InChI is InChI=1S/C27H25F8N5O3S/c28-20-9-11-21(12-10-20)44(42,43)24(18-5-7-19(8-6-18)25(29,26(30,31)32)27(33,34)35)13-14-40(15-24)23(41)17-3-1-16(2-4-17)22-36-38-39-37-22/h5-12,16-17H,1-4,13-15H2,(H,36,37,38,39). The number of alkyl halides is 7. The lowest BCUT2D eigenvalue weighted by Crippen LogP contribution is -2.50. The molecule has 1 saturated carbocycles. The van der Waals surface area contributed by atoms with Gasteiger partial charge in [0.2, 0.25) is 5.91 Å². The van der Waals surface area contributed by atoms with Crippen LogP contribution < -0.4 is 0 Å². The second-order valence-electron chi connectivity index (χ2n) is 11.0. The lowest BCUT2D eigenvalue weighted by molar-refractivity contribution is -0.348. The van der Waals surface area contributed by atoms with Crippen molar-refractivity contribution < 1.29 is 48.3 Å². The highest BCUT2D eigenvalue weighted by Gasteiger charge is 2.73. The van der Waals surface area contributed by atoms with Crippen molar-refractivity contribution in [3.8, 4) is 0 Å². The zero-order valence-corrected chi connectivity index (χ0v) is 23.5. The molecule has 1 atom stereocenters. The van der Waals surface area contributed by atoms with Crippen LogP contribution in [0.4, 0.5) is 35.1 Å². The van der Waals surface area contributed by atoms with E-state index in [-0.39, 0.29) is 47.4 Å². The zero-order chi connectivity index (χ0) is 32.1. The number of rotatable bonds is 6. The Kier molecular flexibility index (Phi) is 7.99. The number of hydrogen-bond donors (Lipinski definition) is 1. The summed E-state index contributed by atoms with van der Waals surface area (Å²) >= 11 is 0. The van der Waals surface area contributed by atoms with E-state index in [9.17, 15) is 48.3 Å². The van der Waals surface area contributed by atoms with Gasteiger partial charge in [-0.1, -0.05) is 29.5 Å². The molecule has 2 heterocycles. The summed E-state index contributed by atoms with van der Waals surface area (Å²) < 4.78 is 135. The molecule has 2 fully saturated rings. The van der Waals surface area contributed by atoms with E-state index < -0.39 is 56.4 Å². The van der Waals surface area contributed by atoms with Gasteiger partial charge in [-0.2, -0.15) is 31.6 Å².